The lowest BCUT2D eigenvalue weighted by atomic mass is 10.1. The molecule has 0 fully saturated rings. The fourth-order valence-electron chi connectivity index (χ4n) is 3.34. The van der Waals surface area contributed by atoms with E-state index in [1.54, 1.807) is 15.4 Å². The summed E-state index contributed by atoms with van der Waals surface area (Å²) in [7, 11) is 0. The molecule has 28 heavy (non-hydrogen) atoms. The van der Waals surface area contributed by atoms with Gasteiger partial charge in [-0.25, -0.2) is 9.67 Å². The molecule has 4 rings (SSSR count). The molecule has 3 aromatic rings. The number of aryl methyl sites for hydroxylation is 1. The van der Waals surface area contributed by atoms with Crippen molar-refractivity contribution in [1.29, 1.82) is 0 Å². The van der Waals surface area contributed by atoms with Gasteiger partial charge in [-0.15, -0.1) is 0 Å². The summed E-state index contributed by atoms with van der Waals surface area (Å²) in [6, 6.07) is 7.72. The van der Waals surface area contributed by atoms with E-state index in [0.29, 0.717) is 21.9 Å². The van der Waals surface area contributed by atoms with E-state index in [1.165, 1.54) is 11.8 Å². The number of thioether (sulfide) groups is 1. The second-order valence-electron chi connectivity index (χ2n) is 8.17. The van der Waals surface area contributed by atoms with Gasteiger partial charge in [0.15, 0.2) is 10.8 Å². The SMILES string of the molecule is Cc1ccc(-n2ncc3c(=O)n4c(nc32)SCC4CC(=O)NC(C)(C)C)cc1. The van der Waals surface area contributed by atoms with Crippen LogP contribution in [0.1, 0.15) is 38.8 Å². The van der Waals surface area contributed by atoms with Gasteiger partial charge in [-0.05, 0) is 39.8 Å². The highest BCUT2D eigenvalue weighted by Crippen LogP contribution is 2.33. The number of benzene rings is 1. The predicted octanol–water partition coefficient (Wildman–Crippen LogP) is 2.84. The maximum atomic E-state index is 13.1. The first-order valence-electron chi connectivity index (χ1n) is 9.24. The van der Waals surface area contributed by atoms with Gasteiger partial charge in [0.1, 0.15) is 5.39 Å². The molecule has 0 spiro atoms. The van der Waals surface area contributed by atoms with Gasteiger partial charge in [0.05, 0.1) is 17.9 Å². The Bertz CT molecular complexity index is 1110. The number of amides is 1. The standard InChI is InChI=1S/C20H23N5O2S/c1-12-5-7-13(8-6-12)25-17-15(10-21-25)18(27)24-14(11-28-19(24)22-17)9-16(26)23-20(2,3)4/h5-8,10,14H,9,11H2,1-4H3,(H,23,26). The molecule has 0 radical (unpaired) electrons. The first-order valence-corrected chi connectivity index (χ1v) is 10.2. The molecule has 1 aliphatic rings. The average molecular weight is 398 g/mol. The van der Waals surface area contributed by atoms with Gasteiger partial charge >= 0.3 is 0 Å². The molecule has 7 nitrogen and oxygen atoms in total. The Kier molecular flexibility index (Phi) is 4.53. The zero-order chi connectivity index (χ0) is 20.1. The molecule has 0 saturated carbocycles. The minimum Gasteiger partial charge on any atom is -0.351 e. The maximum absolute atomic E-state index is 13.1. The molecule has 2 aromatic heterocycles. The van der Waals surface area contributed by atoms with E-state index in [1.807, 2.05) is 52.0 Å². The van der Waals surface area contributed by atoms with Gasteiger partial charge < -0.3 is 5.32 Å². The Morgan fingerprint density at radius 2 is 2.00 bits per heavy atom. The minimum absolute atomic E-state index is 0.0618. The van der Waals surface area contributed by atoms with E-state index in [0.717, 1.165) is 11.3 Å². The molecule has 1 N–H and O–H groups in total. The number of fused-ring (bicyclic) bond motifs is 2. The van der Waals surface area contributed by atoms with Crippen molar-refractivity contribution in [2.75, 3.05) is 5.75 Å². The molecular weight excluding hydrogens is 374 g/mol. The van der Waals surface area contributed by atoms with E-state index >= 15 is 0 Å². The molecule has 1 unspecified atom stereocenters. The lowest BCUT2D eigenvalue weighted by Crippen LogP contribution is -2.42. The Balaban J connectivity index is 1.71. The number of rotatable bonds is 3. The number of carbonyl (C=O) groups excluding carboxylic acids is 1. The maximum Gasteiger partial charge on any atom is 0.265 e. The molecule has 1 aromatic carbocycles. The average Bonchev–Trinajstić information content (AvgIpc) is 3.19. The molecule has 8 heteroatoms. The quantitative estimate of drug-likeness (QED) is 0.687. The summed E-state index contributed by atoms with van der Waals surface area (Å²) in [5.41, 5.74) is 2.13. The third-order valence-corrected chi connectivity index (χ3v) is 5.68. The second-order valence-corrected chi connectivity index (χ2v) is 9.15. The van der Waals surface area contributed by atoms with Gasteiger partial charge in [-0.2, -0.15) is 5.10 Å². The molecule has 0 aliphatic carbocycles. The van der Waals surface area contributed by atoms with Gasteiger partial charge in [-0.1, -0.05) is 29.5 Å². The van der Waals surface area contributed by atoms with Crippen LogP contribution in [0.2, 0.25) is 0 Å². The minimum atomic E-state index is -0.298. The van der Waals surface area contributed by atoms with Crippen LogP contribution in [0.4, 0.5) is 0 Å². The van der Waals surface area contributed by atoms with Crippen LogP contribution in [0.25, 0.3) is 16.7 Å². The molecule has 0 saturated heterocycles. The zero-order valence-electron chi connectivity index (χ0n) is 16.4. The summed E-state index contributed by atoms with van der Waals surface area (Å²) in [5.74, 6) is 0.595. The summed E-state index contributed by atoms with van der Waals surface area (Å²) in [4.78, 5) is 30.2. The monoisotopic (exact) mass is 397 g/mol. The summed E-state index contributed by atoms with van der Waals surface area (Å²) in [5, 5.41) is 8.45. The van der Waals surface area contributed by atoms with Crippen molar-refractivity contribution in [2.24, 2.45) is 0 Å². The highest BCUT2D eigenvalue weighted by atomic mass is 32.2. The first kappa shape index (κ1) is 18.7. The smallest absolute Gasteiger partial charge is 0.265 e. The second kappa shape index (κ2) is 6.77. The molecule has 146 valence electrons. The third-order valence-electron chi connectivity index (χ3n) is 4.58. The van der Waals surface area contributed by atoms with Crippen LogP contribution >= 0.6 is 11.8 Å². The van der Waals surface area contributed by atoms with Crippen molar-refractivity contribution < 1.29 is 4.79 Å². The Morgan fingerprint density at radius 1 is 1.29 bits per heavy atom. The molecule has 0 bridgehead atoms. The topological polar surface area (TPSA) is 81.8 Å². The number of nitrogens with zero attached hydrogens (tertiary/aromatic N) is 4. The number of nitrogens with one attached hydrogen (secondary N) is 1. The summed E-state index contributed by atoms with van der Waals surface area (Å²) >= 11 is 1.51. The van der Waals surface area contributed by atoms with E-state index < -0.39 is 0 Å². The van der Waals surface area contributed by atoms with Crippen LogP contribution in [-0.2, 0) is 4.79 Å². The van der Waals surface area contributed by atoms with Crippen molar-refractivity contribution in [3.63, 3.8) is 0 Å². The van der Waals surface area contributed by atoms with Crippen molar-refractivity contribution in [3.8, 4) is 5.69 Å². The van der Waals surface area contributed by atoms with Crippen LogP contribution in [0, 0.1) is 6.92 Å². The molecule has 3 heterocycles. The van der Waals surface area contributed by atoms with Crippen LogP contribution < -0.4 is 10.9 Å². The van der Waals surface area contributed by atoms with Crippen LogP contribution in [-0.4, -0.2) is 36.5 Å². The molecule has 1 atom stereocenters. The number of carbonyl (C=O) groups is 1. The highest BCUT2D eigenvalue weighted by Gasteiger charge is 2.30. The predicted molar refractivity (Wildman–Crippen MR) is 110 cm³/mol. The Labute approximate surface area is 167 Å². The highest BCUT2D eigenvalue weighted by molar-refractivity contribution is 7.99. The number of hydrogen-bond donors (Lipinski definition) is 1. The largest absolute Gasteiger partial charge is 0.351 e. The molecule has 1 aliphatic heterocycles. The lowest BCUT2D eigenvalue weighted by Gasteiger charge is -2.22. The van der Waals surface area contributed by atoms with Crippen molar-refractivity contribution in [1.82, 2.24) is 24.6 Å². The van der Waals surface area contributed by atoms with Gasteiger partial charge in [-0.3, -0.25) is 14.2 Å². The summed E-state index contributed by atoms with van der Waals surface area (Å²) < 4.78 is 3.34. The van der Waals surface area contributed by atoms with Gasteiger partial charge in [0, 0.05) is 17.7 Å². The van der Waals surface area contributed by atoms with E-state index in [2.05, 4.69) is 10.4 Å². The van der Waals surface area contributed by atoms with Crippen LogP contribution in [0.15, 0.2) is 40.4 Å². The van der Waals surface area contributed by atoms with Gasteiger partial charge in [0.2, 0.25) is 5.91 Å². The van der Waals surface area contributed by atoms with E-state index in [4.69, 9.17) is 4.98 Å². The Hall–Kier alpha value is -2.61. The van der Waals surface area contributed by atoms with Crippen LogP contribution in [0.5, 0.6) is 0 Å². The normalized spacial score (nSPS) is 16.4. The van der Waals surface area contributed by atoms with Gasteiger partial charge in [0.25, 0.3) is 5.56 Å². The fraction of sp³-hybridized carbons (Fsp3) is 0.400. The van der Waals surface area contributed by atoms with Crippen LogP contribution in [0.3, 0.4) is 0 Å². The fourth-order valence-corrected chi connectivity index (χ4v) is 4.47. The van der Waals surface area contributed by atoms with E-state index in [9.17, 15) is 9.59 Å². The molecule has 1 amide bonds. The van der Waals surface area contributed by atoms with Crippen molar-refractivity contribution in [3.05, 3.63) is 46.4 Å². The Morgan fingerprint density at radius 3 is 2.68 bits per heavy atom. The number of hydrogen-bond acceptors (Lipinski definition) is 5. The zero-order valence-corrected chi connectivity index (χ0v) is 17.2. The lowest BCUT2D eigenvalue weighted by molar-refractivity contribution is -0.123. The summed E-state index contributed by atoms with van der Waals surface area (Å²) in [6.45, 7) is 7.85. The van der Waals surface area contributed by atoms with Crippen molar-refractivity contribution in [2.45, 2.75) is 50.9 Å². The summed E-state index contributed by atoms with van der Waals surface area (Å²) in [6.07, 6.45) is 1.82. The first-order chi connectivity index (χ1) is 13.2. The number of aromatic nitrogens is 4. The third kappa shape index (κ3) is 3.44. The van der Waals surface area contributed by atoms with Crippen molar-refractivity contribution >= 4 is 28.7 Å². The molecular formula is C20H23N5O2S. The van der Waals surface area contributed by atoms with E-state index in [-0.39, 0.29) is 29.5 Å².